The van der Waals surface area contributed by atoms with Crippen LogP contribution in [0.25, 0.3) is 0 Å². The topological polar surface area (TPSA) is 15.3 Å². The molecular formula is C10H11F3N2. The summed E-state index contributed by atoms with van der Waals surface area (Å²) in [6.45, 7) is 2.64. The Balaban J connectivity index is 2.30. The van der Waals surface area contributed by atoms with Crippen LogP contribution in [0.3, 0.4) is 0 Å². The van der Waals surface area contributed by atoms with Crippen LogP contribution in [0.1, 0.15) is 0 Å². The average Bonchev–Trinajstić information content (AvgIpc) is 2.25. The van der Waals surface area contributed by atoms with Crippen molar-refractivity contribution in [1.29, 1.82) is 0 Å². The third kappa shape index (κ3) is 2.07. The Kier molecular flexibility index (Phi) is 2.81. The van der Waals surface area contributed by atoms with Crippen LogP contribution in [0.5, 0.6) is 0 Å². The molecule has 0 aliphatic carbocycles. The van der Waals surface area contributed by atoms with Crippen molar-refractivity contribution in [3.05, 3.63) is 29.6 Å². The monoisotopic (exact) mass is 216 g/mol. The highest BCUT2D eigenvalue weighted by molar-refractivity contribution is 5.48. The summed E-state index contributed by atoms with van der Waals surface area (Å²) in [6, 6.07) is 1.50. The number of halogens is 3. The summed E-state index contributed by atoms with van der Waals surface area (Å²) >= 11 is 0. The van der Waals surface area contributed by atoms with E-state index in [1.807, 2.05) is 0 Å². The van der Waals surface area contributed by atoms with Crippen LogP contribution in [-0.2, 0) is 0 Å². The number of benzene rings is 1. The van der Waals surface area contributed by atoms with Gasteiger partial charge in [0.15, 0.2) is 11.6 Å². The Bertz CT molecular complexity index is 362. The molecule has 1 fully saturated rings. The highest BCUT2D eigenvalue weighted by Crippen LogP contribution is 2.22. The molecule has 1 aromatic rings. The van der Waals surface area contributed by atoms with Crippen LogP contribution in [0.2, 0.25) is 0 Å². The van der Waals surface area contributed by atoms with E-state index in [0.717, 1.165) is 19.2 Å². The molecule has 0 spiro atoms. The number of rotatable bonds is 1. The third-order valence-electron chi connectivity index (χ3n) is 2.45. The van der Waals surface area contributed by atoms with Crippen molar-refractivity contribution in [3.63, 3.8) is 0 Å². The maximum Gasteiger partial charge on any atom is 0.161 e. The quantitative estimate of drug-likeness (QED) is 0.716. The molecule has 1 aliphatic heterocycles. The third-order valence-corrected chi connectivity index (χ3v) is 2.45. The Morgan fingerprint density at radius 2 is 1.53 bits per heavy atom. The second kappa shape index (κ2) is 4.10. The van der Waals surface area contributed by atoms with Crippen molar-refractivity contribution < 1.29 is 13.2 Å². The molecule has 1 aliphatic rings. The number of nitrogens with zero attached hydrogens (tertiary/aromatic N) is 1. The second-order valence-electron chi connectivity index (χ2n) is 3.45. The molecule has 0 amide bonds. The number of hydrogen-bond acceptors (Lipinski definition) is 2. The number of nitrogens with one attached hydrogen (secondary N) is 1. The lowest BCUT2D eigenvalue weighted by atomic mass is 10.2. The lowest BCUT2D eigenvalue weighted by Crippen LogP contribution is -2.43. The van der Waals surface area contributed by atoms with E-state index in [9.17, 15) is 13.2 Å². The summed E-state index contributed by atoms with van der Waals surface area (Å²) in [5.41, 5.74) is 0.135. The van der Waals surface area contributed by atoms with Crippen LogP contribution < -0.4 is 10.2 Å². The molecule has 2 nitrogen and oxygen atoms in total. The van der Waals surface area contributed by atoms with Gasteiger partial charge in [-0.25, -0.2) is 13.2 Å². The summed E-state index contributed by atoms with van der Waals surface area (Å²) in [4.78, 5) is 1.70. The van der Waals surface area contributed by atoms with E-state index in [1.54, 1.807) is 4.90 Å². The lowest BCUT2D eigenvalue weighted by Gasteiger charge is -2.29. The number of piperazine rings is 1. The molecule has 0 saturated carbocycles. The van der Waals surface area contributed by atoms with Crippen molar-refractivity contribution in [2.75, 3.05) is 31.1 Å². The maximum atomic E-state index is 13.3. The Morgan fingerprint density at radius 1 is 0.933 bits per heavy atom. The first-order chi connectivity index (χ1) is 7.18. The molecule has 5 heteroatoms. The molecule has 0 aromatic heterocycles. The standard InChI is InChI=1S/C10H11F3N2/c11-7-5-9(13)10(6-8(7)12)15-3-1-14-2-4-15/h5-6,14H,1-4H2. The minimum absolute atomic E-state index is 0.135. The van der Waals surface area contributed by atoms with Gasteiger partial charge in [0.05, 0.1) is 5.69 Å². The first-order valence-corrected chi connectivity index (χ1v) is 4.78. The van der Waals surface area contributed by atoms with Crippen molar-refractivity contribution in [2.45, 2.75) is 0 Å². The number of anilines is 1. The molecule has 0 radical (unpaired) electrons. The fourth-order valence-electron chi connectivity index (χ4n) is 1.66. The van der Waals surface area contributed by atoms with Crippen LogP contribution in [-0.4, -0.2) is 26.2 Å². The molecule has 1 N–H and O–H groups in total. The molecule has 1 heterocycles. The molecule has 0 unspecified atom stereocenters. The SMILES string of the molecule is Fc1cc(F)c(N2CCNCC2)cc1F. The van der Waals surface area contributed by atoms with Crippen LogP contribution in [0.15, 0.2) is 12.1 Å². The van der Waals surface area contributed by atoms with E-state index >= 15 is 0 Å². The summed E-state index contributed by atoms with van der Waals surface area (Å²) in [6.07, 6.45) is 0. The minimum Gasteiger partial charge on any atom is -0.367 e. The largest absolute Gasteiger partial charge is 0.367 e. The van der Waals surface area contributed by atoms with Crippen LogP contribution in [0, 0.1) is 17.5 Å². The number of hydrogen-bond donors (Lipinski definition) is 1. The molecule has 1 aromatic carbocycles. The Morgan fingerprint density at radius 3 is 2.20 bits per heavy atom. The van der Waals surface area contributed by atoms with Crippen LogP contribution >= 0.6 is 0 Å². The Labute approximate surface area is 85.7 Å². The van der Waals surface area contributed by atoms with Gasteiger partial charge in [-0.15, -0.1) is 0 Å². The highest BCUT2D eigenvalue weighted by atomic mass is 19.2. The smallest absolute Gasteiger partial charge is 0.161 e. The van der Waals surface area contributed by atoms with Gasteiger partial charge in [-0.3, -0.25) is 0 Å². The van der Waals surface area contributed by atoms with E-state index < -0.39 is 17.5 Å². The summed E-state index contributed by atoms with van der Waals surface area (Å²) < 4.78 is 39.0. The van der Waals surface area contributed by atoms with E-state index in [4.69, 9.17) is 0 Å². The molecule has 2 rings (SSSR count). The van der Waals surface area contributed by atoms with Crippen molar-refractivity contribution in [2.24, 2.45) is 0 Å². The highest BCUT2D eigenvalue weighted by Gasteiger charge is 2.17. The predicted octanol–water partition coefficient (Wildman–Crippen LogP) is 1.51. The van der Waals surface area contributed by atoms with Gasteiger partial charge in [0.1, 0.15) is 5.82 Å². The van der Waals surface area contributed by atoms with Gasteiger partial charge in [0, 0.05) is 38.3 Å². The lowest BCUT2D eigenvalue weighted by molar-refractivity contribution is 0.491. The van der Waals surface area contributed by atoms with Gasteiger partial charge in [-0.05, 0) is 0 Å². The zero-order chi connectivity index (χ0) is 10.8. The van der Waals surface area contributed by atoms with Gasteiger partial charge in [0.25, 0.3) is 0 Å². The van der Waals surface area contributed by atoms with E-state index in [2.05, 4.69) is 5.32 Å². The van der Waals surface area contributed by atoms with Crippen molar-refractivity contribution in [1.82, 2.24) is 5.32 Å². The Hall–Kier alpha value is -1.23. The zero-order valence-corrected chi connectivity index (χ0v) is 8.06. The maximum absolute atomic E-state index is 13.3. The summed E-state index contributed by atoms with van der Waals surface area (Å²) in [5.74, 6) is -2.87. The molecule has 15 heavy (non-hydrogen) atoms. The summed E-state index contributed by atoms with van der Waals surface area (Å²) in [7, 11) is 0. The van der Waals surface area contributed by atoms with E-state index in [0.29, 0.717) is 19.2 Å². The predicted molar refractivity (Wildman–Crippen MR) is 51.4 cm³/mol. The molecular weight excluding hydrogens is 205 g/mol. The second-order valence-corrected chi connectivity index (χ2v) is 3.45. The molecule has 82 valence electrons. The van der Waals surface area contributed by atoms with Gasteiger partial charge < -0.3 is 10.2 Å². The molecule has 1 saturated heterocycles. The normalized spacial score (nSPS) is 16.9. The van der Waals surface area contributed by atoms with Crippen LogP contribution in [0.4, 0.5) is 18.9 Å². The van der Waals surface area contributed by atoms with E-state index in [-0.39, 0.29) is 5.69 Å². The summed E-state index contributed by atoms with van der Waals surface area (Å²) in [5, 5.41) is 3.10. The fraction of sp³-hybridized carbons (Fsp3) is 0.400. The van der Waals surface area contributed by atoms with Gasteiger partial charge in [-0.2, -0.15) is 0 Å². The van der Waals surface area contributed by atoms with Gasteiger partial charge in [-0.1, -0.05) is 0 Å². The van der Waals surface area contributed by atoms with Crippen molar-refractivity contribution >= 4 is 5.69 Å². The molecule has 0 atom stereocenters. The van der Waals surface area contributed by atoms with Gasteiger partial charge >= 0.3 is 0 Å². The van der Waals surface area contributed by atoms with Crippen molar-refractivity contribution in [3.8, 4) is 0 Å². The average molecular weight is 216 g/mol. The first kappa shape index (κ1) is 10.3. The molecule has 0 bridgehead atoms. The van der Waals surface area contributed by atoms with E-state index in [1.165, 1.54) is 0 Å². The fourth-order valence-corrected chi connectivity index (χ4v) is 1.66. The zero-order valence-electron chi connectivity index (χ0n) is 8.06. The minimum atomic E-state index is -1.15. The first-order valence-electron chi connectivity index (χ1n) is 4.78. The van der Waals surface area contributed by atoms with Gasteiger partial charge in [0.2, 0.25) is 0 Å².